The number of furan rings is 1. The van der Waals surface area contributed by atoms with Gasteiger partial charge >= 0.3 is 0 Å². The molecule has 2 unspecified atom stereocenters. The molecule has 0 aromatic carbocycles. The van der Waals surface area contributed by atoms with Crippen molar-refractivity contribution in [3.63, 3.8) is 0 Å². The van der Waals surface area contributed by atoms with Crippen LogP contribution in [0, 0.1) is 0 Å². The standard InChI is InChI=1S/C13H18N2OS/c1-10(13-4-3-7-17-13)15(2)12(8-14)11-5-6-16-9-11/h3-7,9-10,12H,8,14H2,1-2H3. The van der Waals surface area contributed by atoms with Gasteiger partial charge in [-0.05, 0) is 31.5 Å². The number of hydrogen-bond donors (Lipinski definition) is 1. The summed E-state index contributed by atoms with van der Waals surface area (Å²) in [6.07, 6.45) is 3.47. The lowest BCUT2D eigenvalue weighted by molar-refractivity contribution is 0.192. The van der Waals surface area contributed by atoms with Crippen LogP contribution in [0.4, 0.5) is 0 Å². The van der Waals surface area contributed by atoms with Gasteiger partial charge in [-0.2, -0.15) is 0 Å². The van der Waals surface area contributed by atoms with Gasteiger partial charge in [0.1, 0.15) is 0 Å². The molecule has 0 aliphatic carbocycles. The summed E-state index contributed by atoms with van der Waals surface area (Å²) in [5.74, 6) is 0. The van der Waals surface area contributed by atoms with Crippen LogP contribution in [0.2, 0.25) is 0 Å². The van der Waals surface area contributed by atoms with Crippen molar-refractivity contribution in [1.29, 1.82) is 0 Å². The van der Waals surface area contributed by atoms with Crippen LogP contribution < -0.4 is 5.73 Å². The Balaban J connectivity index is 2.15. The van der Waals surface area contributed by atoms with Gasteiger partial charge in [0.2, 0.25) is 0 Å². The third-order valence-corrected chi connectivity index (χ3v) is 4.25. The van der Waals surface area contributed by atoms with Crippen LogP contribution in [-0.4, -0.2) is 18.5 Å². The van der Waals surface area contributed by atoms with Gasteiger partial charge in [0.15, 0.2) is 0 Å². The van der Waals surface area contributed by atoms with E-state index in [4.69, 9.17) is 10.2 Å². The smallest absolute Gasteiger partial charge is 0.0950 e. The Hall–Kier alpha value is -1.10. The summed E-state index contributed by atoms with van der Waals surface area (Å²) >= 11 is 1.78. The van der Waals surface area contributed by atoms with Gasteiger partial charge in [-0.25, -0.2) is 0 Å². The topological polar surface area (TPSA) is 42.4 Å². The van der Waals surface area contributed by atoms with Crippen molar-refractivity contribution in [2.45, 2.75) is 19.0 Å². The van der Waals surface area contributed by atoms with Crippen molar-refractivity contribution < 1.29 is 4.42 Å². The molecule has 0 spiro atoms. The molecular formula is C13H18N2OS. The van der Waals surface area contributed by atoms with Gasteiger partial charge < -0.3 is 10.2 Å². The highest BCUT2D eigenvalue weighted by atomic mass is 32.1. The maximum Gasteiger partial charge on any atom is 0.0950 e. The first-order chi connectivity index (χ1) is 8.24. The lowest BCUT2D eigenvalue weighted by Gasteiger charge is -2.31. The molecule has 2 heterocycles. The highest BCUT2D eigenvalue weighted by Crippen LogP contribution is 2.30. The van der Waals surface area contributed by atoms with E-state index in [-0.39, 0.29) is 6.04 Å². The molecule has 0 fully saturated rings. The maximum absolute atomic E-state index is 5.88. The predicted molar refractivity (Wildman–Crippen MR) is 71.0 cm³/mol. The lowest BCUT2D eigenvalue weighted by Crippen LogP contribution is -2.32. The van der Waals surface area contributed by atoms with Crippen LogP contribution in [0.5, 0.6) is 0 Å². The Kier molecular flexibility index (Phi) is 3.99. The highest BCUT2D eigenvalue weighted by Gasteiger charge is 2.22. The summed E-state index contributed by atoms with van der Waals surface area (Å²) in [6, 6.07) is 6.79. The second-order valence-corrected chi connectivity index (χ2v) is 5.14. The van der Waals surface area contributed by atoms with E-state index in [1.807, 2.05) is 6.07 Å². The molecule has 3 nitrogen and oxygen atoms in total. The average molecular weight is 250 g/mol. The highest BCUT2D eigenvalue weighted by molar-refractivity contribution is 7.10. The Morgan fingerprint density at radius 3 is 2.82 bits per heavy atom. The Morgan fingerprint density at radius 1 is 1.47 bits per heavy atom. The quantitative estimate of drug-likeness (QED) is 0.887. The summed E-state index contributed by atoms with van der Waals surface area (Å²) in [4.78, 5) is 3.64. The fourth-order valence-electron chi connectivity index (χ4n) is 2.00. The molecule has 0 aliphatic rings. The molecule has 2 aromatic rings. The fourth-order valence-corrected chi connectivity index (χ4v) is 2.84. The fraction of sp³-hybridized carbons (Fsp3) is 0.385. The van der Waals surface area contributed by atoms with Crippen LogP contribution in [0.15, 0.2) is 40.5 Å². The van der Waals surface area contributed by atoms with E-state index in [0.29, 0.717) is 12.6 Å². The van der Waals surface area contributed by atoms with Crippen molar-refractivity contribution in [2.75, 3.05) is 13.6 Å². The second-order valence-electron chi connectivity index (χ2n) is 4.17. The number of hydrogen-bond acceptors (Lipinski definition) is 4. The molecule has 0 amide bonds. The second kappa shape index (κ2) is 5.49. The zero-order valence-corrected chi connectivity index (χ0v) is 11.0. The van der Waals surface area contributed by atoms with Gasteiger partial charge in [-0.3, -0.25) is 4.90 Å². The van der Waals surface area contributed by atoms with Crippen LogP contribution >= 0.6 is 11.3 Å². The molecule has 0 radical (unpaired) electrons. The summed E-state index contributed by atoms with van der Waals surface area (Å²) in [5.41, 5.74) is 7.01. The molecule has 2 aromatic heterocycles. The number of rotatable bonds is 5. The number of nitrogens with zero attached hydrogens (tertiary/aromatic N) is 1. The van der Waals surface area contributed by atoms with E-state index in [0.717, 1.165) is 5.56 Å². The molecule has 92 valence electrons. The molecule has 0 saturated carbocycles. The largest absolute Gasteiger partial charge is 0.472 e. The normalized spacial score (nSPS) is 15.1. The summed E-state index contributed by atoms with van der Waals surface area (Å²) in [5, 5.41) is 2.11. The minimum absolute atomic E-state index is 0.200. The zero-order chi connectivity index (χ0) is 12.3. The first-order valence-electron chi connectivity index (χ1n) is 5.71. The monoisotopic (exact) mass is 250 g/mol. The van der Waals surface area contributed by atoms with Gasteiger partial charge in [0.05, 0.1) is 18.6 Å². The van der Waals surface area contributed by atoms with Crippen LogP contribution in [-0.2, 0) is 0 Å². The average Bonchev–Trinajstić information content (AvgIpc) is 3.01. The van der Waals surface area contributed by atoms with E-state index in [9.17, 15) is 0 Å². The van der Waals surface area contributed by atoms with Gasteiger partial charge in [0.25, 0.3) is 0 Å². The molecule has 0 bridgehead atoms. The predicted octanol–water partition coefficient (Wildman–Crippen LogP) is 3.03. The van der Waals surface area contributed by atoms with E-state index in [1.54, 1.807) is 23.9 Å². The molecule has 0 aliphatic heterocycles. The van der Waals surface area contributed by atoms with Gasteiger partial charge in [-0.15, -0.1) is 11.3 Å². The molecular weight excluding hydrogens is 232 g/mol. The Labute approximate surface area is 106 Å². The summed E-state index contributed by atoms with van der Waals surface area (Å²) < 4.78 is 5.14. The number of thiophene rings is 1. The molecule has 2 rings (SSSR count). The van der Waals surface area contributed by atoms with Crippen molar-refractivity contribution in [3.05, 3.63) is 46.5 Å². The Bertz CT molecular complexity index is 424. The van der Waals surface area contributed by atoms with E-state index >= 15 is 0 Å². The third-order valence-electron chi connectivity index (χ3n) is 3.21. The first kappa shape index (κ1) is 12.4. The molecule has 17 heavy (non-hydrogen) atoms. The minimum Gasteiger partial charge on any atom is -0.472 e. The maximum atomic E-state index is 5.88. The molecule has 4 heteroatoms. The summed E-state index contributed by atoms with van der Waals surface area (Å²) in [6.45, 7) is 2.79. The SMILES string of the molecule is CC(c1cccs1)N(C)C(CN)c1ccoc1. The van der Waals surface area contributed by atoms with E-state index in [2.05, 4.69) is 36.4 Å². The van der Waals surface area contributed by atoms with Crippen molar-refractivity contribution in [3.8, 4) is 0 Å². The minimum atomic E-state index is 0.200. The molecule has 2 atom stereocenters. The van der Waals surface area contributed by atoms with E-state index in [1.165, 1.54) is 4.88 Å². The van der Waals surface area contributed by atoms with Gasteiger partial charge in [0, 0.05) is 23.0 Å². The lowest BCUT2D eigenvalue weighted by atomic mass is 10.1. The number of nitrogens with two attached hydrogens (primary N) is 1. The zero-order valence-electron chi connectivity index (χ0n) is 10.2. The van der Waals surface area contributed by atoms with Crippen molar-refractivity contribution in [2.24, 2.45) is 5.73 Å². The van der Waals surface area contributed by atoms with Crippen LogP contribution in [0.1, 0.15) is 29.4 Å². The van der Waals surface area contributed by atoms with Crippen molar-refractivity contribution >= 4 is 11.3 Å². The third kappa shape index (κ3) is 2.60. The summed E-state index contributed by atoms with van der Waals surface area (Å²) in [7, 11) is 2.11. The van der Waals surface area contributed by atoms with Crippen molar-refractivity contribution in [1.82, 2.24) is 4.90 Å². The van der Waals surface area contributed by atoms with Crippen LogP contribution in [0.3, 0.4) is 0 Å². The van der Waals surface area contributed by atoms with Gasteiger partial charge in [-0.1, -0.05) is 6.07 Å². The molecule has 2 N–H and O–H groups in total. The Morgan fingerprint density at radius 2 is 2.29 bits per heavy atom. The first-order valence-corrected chi connectivity index (χ1v) is 6.59. The molecule has 0 saturated heterocycles. The van der Waals surface area contributed by atoms with Crippen LogP contribution in [0.25, 0.3) is 0 Å². The number of likely N-dealkylation sites (N-methyl/N-ethyl adjacent to an activating group) is 1. The van der Waals surface area contributed by atoms with E-state index < -0.39 is 0 Å².